The average molecular weight is 310 g/mol. The lowest BCUT2D eigenvalue weighted by molar-refractivity contribution is -0.155. The van der Waals surface area contributed by atoms with Crippen LogP contribution in [0.1, 0.15) is 27.2 Å². The van der Waals surface area contributed by atoms with Crippen molar-refractivity contribution in [2.24, 2.45) is 5.73 Å². The van der Waals surface area contributed by atoms with Crippen molar-refractivity contribution in [3.8, 4) is 0 Å². The molecule has 0 saturated carbocycles. The SMILES string of the molecule is CC(C)(C)OC(=O)CN1C[C@@H](N)CSC2=C1C=CCC2=O. The van der Waals surface area contributed by atoms with Gasteiger partial charge in [-0.25, -0.2) is 0 Å². The lowest BCUT2D eigenvalue weighted by atomic mass is 10.1. The standard InChI is InChI=1S/C15H22N2O3S/c1-15(2,3)20-13(19)8-17-7-10(16)9-21-14-11(17)5-4-6-12(14)18/h4-5,10H,6-9,16H2,1-3H3/t10-/m1/s1. The van der Waals surface area contributed by atoms with E-state index in [0.717, 1.165) is 5.70 Å². The molecule has 0 radical (unpaired) electrons. The highest BCUT2D eigenvalue weighted by Gasteiger charge is 2.29. The van der Waals surface area contributed by atoms with Crippen LogP contribution in [0.5, 0.6) is 0 Å². The number of rotatable bonds is 2. The number of carbonyl (C=O) groups is 2. The van der Waals surface area contributed by atoms with Gasteiger partial charge in [0.05, 0.1) is 10.6 Å². The summed E-state index contributed by atoms with van der Waals surface area (Å²) < 4.78 is 5.36. The van der Waals surface area contributed by atoms with Crippen molar-refractivity contribution < 1.29 is 14.3 Å². The van der Waals surface area contributed by atoms with Gasteiger partial charge in [0.1, 0.15) is 12.1 Å². The minimum absolute atomic E-state index is 0.0794. The first-order chi connectivity index (χ1) is 9.76. The monoisotopic (exact) mass is 310 g/mol. The Labute approximate surface area is 129 Å². The Hall–Kier alpha value is -1.27. The van der Waals surface area contributed by atoms with Crippen LogP contribution in [0.3, 0.4) is 0 Å². The average Bonchev–Trinajstić information content (AvgIpc) is 2.48. The van der Waals surface area contributed by atoms with E-state index in [0.29, 0.717) is 23.6 Å². The number of hydrogen-bond donors (Lipinski definition) is 1. The molecule has 1 aliphatic carbocycles. The van der Waals surface area contributed by atoms with Gasteiger partial charge in [-0.05, 0) is 26.8 Å². The lowest BCUT2D eigenvalue weighted by Crippen LogP contribution is -2.41. The summed E-state index contributed by atoms with van der Waals surface area (Å²) in [5, 5.41) is 0. The van der Waals surface area contributed by atoms with Crippen molar-refractivity contribution in [1.29, 1.82) is 0 Å². The highest BCUT2D eigenvalue weighted by atomic mass is 32.2. The third-order valence-corrected chi connectivity index (χ3v) is 4.36. The van der Waals surface area contributed by atoms with E-state index < -0.39 is 5.60 Å². The smallest absolute Gasteiger partial charge is 0.326 e. The van der Waals surface area contributed by atoms with Crippen LogP contribution in [-0.4, -0.2) is 47.1 Å². The molecule has 0 aromatic rings. The Bertz CT molecular complexity index is 506. The molecule has 0 aromatic carbocycles. The van der Waals surface area contributed by atoms with Crippen LogP contribution >= 0.6 is 11.8 Å². The number of hydrogen-bond acceptors (Lipinski definition) is 6. The van der Waals surface area contributed by atoms with E-state index in [2.05, 4.69) is 0 Å². The van der Waals surface area contributed by atoms with Crippen LogP contribution in [0, 0.1) is 0 Å². The zero-order valence-corrected chi connectivity index (χ0v) is 13.5. The predicted molar refractivity (Wildman–Crippen MR) is 83.6 cm³/mol. The molecule has 2 aliphatic rings. The molecule has 0 spiro atoms. The van der Waals surface area contributed by atoms with E-state index in [1.165, 1.54) is 11.8 Å². The zero-order chi connectivity index (χ0) is 15.6. The maximum atomic E-state index is 12.1. The van der Waals surface area contributed by atoms with Crippen LogP contribution < -0.4 is 5.73 Å². The Morgan fingerprint density at radius 2 is 2.24 bits per heavy atom. The van der Waals surface area contributed by atoms with Crippen molar-refractivity contribution >= 4 is 23.5 Å². The van der Waals surface area contributed by atoms with Gasteiger partial charge >= 0.3 is 5.97 Å². The first kappa shape index (κ1) is 16.1. The van der Waals surface area contributed by atoms with Crippen LogP contribution in [-0.2, 0) is 14.3 Å². The maximum absolute atomic E-state index is 12.1. The predicted octanol–water partition coefficient (Wildman–Crippen LogP) is 1.44. The Morgan fingerprint density at radius 3 is 2.90 bits per heavy atom. The van der Waals surface area contributed by atoms with Crippen LogP contribution in [0.2, 0.25) is 0 Å². The minimum Gasteiger partial charge on any atom is -0.459 e. The number of thioether (sulfide) groups is 1. The van der Waals surface area contributed by atoms with Gasteiger partial charge in [-0.1, -0.05) is 6.08 Å². The number of ether oxygens (including phenoxy) is 1. The van der Waals surface area contributed by atoms with Crippen molar-refractivity contribution in [2.75, 3.05) is 18.8 Å². The largest absolute Gasteiger partial charge is 0.459 e. The first-order valence-corrected chi connectivity index (χ1v) is 8.04. The molecule has 0 fully saturated rings. The highest BCUT2D eigenvalue weighted by molar-refractivity contribution is 8.04. The molecule has 0 unspecified atom stereocenters. The number of carbonyl (C=O) groups excluding carboxylic acids is 2. The van der Waals surface area contributed by atoms with Gasteiger partial charge in [0.15, 0.2) is 5.78 Å². The van der Waals surface area contributed by atoms with Crippen LogP contribution in [0.25, 0.3) is 0 Å². The fraction of sp³-hybridized carbons (Fsp3) is 0.600. The molecule has 5 nitrogen and oxygen atoms in total. The van der Waals surface area contributed by atoms with Crippen molar-refractivity contribution in [1.82, 2.24) is 4.90 Å². The lowest BCUT2D eigenvalue weighted by Gasteiger charge is -2.29. The van der Waals surface area contributed by atoms with Gasteiger partial charge in [-0.3, -0.25) is 9.59 Å². The molecule has 0 bridgehead atoms. The van der Waals surface area contributed by atoms with Gasteiger partial charge in [0.2, 0.25) is 0 Å². The molecule has 6 heteroatoms. The number of ketones is 1. The van der Waals surface area contributed by atoms with Crippen molar-refractivity contribution in [3.05, 3.63) is 22.8 Å². The minimum atomic E-state index is -0.519. The van der Waals surface area contributed by atoms with Crippen LogP contribution in [0.15, 0.2) is 22.8 Å². The summed E-state index contributed by atoms with van der Waals surface area (Å²) in [6.07, 6.45) is 4.16. The van der Waals surface area contributed by atoms with Gasteiger partial charge in [-0.15, -0.1) is 11.8 Å². The molecule has 0 aromatic heterocycles. The second kappa shape index (κ2) is 6.23. The van der Waals surface area contributed by atoms with E-state index in [1.54, 1.807) is 0 Å². The summed E-state index contributed by atoms with van der Waals surface area (Å²) >= 11 is 1.49. The molecule has 1 heterocycles. The van der Waals surface area contributed by atoms with Crippen molar-refractivity contribution in [3.63, 3.8) is 0 Å². The van der Waals surface area contributed by atoms with Gasteiger partial charge < -0.3 is 15.4 Å². The second-order valence-electron chi connectivity index (χ2n) is 6.28. The Morgan fingerprint density at radius 1 is 1.52 bits per heavy atom. The molecule has 1 aliphatic heterocycles. The fourth-order valence-electron chi connectivity index (χ4n) is 2.30. The van der Waals surface area contributed by atoms with E-state index in [4.69, 9.17) is 10.5 Å². The van der Waals surface area contributed by atoms with Gasteiger partial charge in [0.25, 0.3) is 0 Å². The molecule has 1 atom stereocenters. The fourth-order valence-corrected chi connectivity index (χ4v) is 3.37. The third kappa shape index (κ3) is 4.35. The van der Waals surface area contributed by atoms with Crippen LogP contribution in [0.4, 0.5) is 0 Å². The number of Topliss-reactive ketones (excluding diaryl/α,β-unsaturated/α-hetero) is 1. The highest BCUT2D eigenvalue weighted by Crippen LogP contribution is 2.32. The zero-order valence-electron chi connectivity index (χ0n) is 12.7. The Balaban J connectivity index is 2.18. The Kier molecular flexibility index (Phi) is 4.78. The molecule has 116 valence electrons. The molecular formula is C15H22N2O3S. The van der Waals surface area contributed by atoms with E-state index in [1.807, 2.05) is 37.8 Å². The molecule has 0 amide bonds. The van der Waals surface area contributed by atoms with Gasteiger partial charge in [-0.2, -0.15) is 0 Å². The summed E-state index contributed by atoms with van der Waals surface area (Å²) in [7, 11) is 0. The maximum Gasteiger partial charge on any atom is 0.326 e. The number of esters is 1. The van der Waals surface area contributed by atoms with E-state index in [9.17, 15) is 9.59 Å². The van der Waals surface area contributed by atoms with E-state index >= 15 is 0 Å². The van der Waals surface area contributed by atoms with Crippen molar-refractivity contribution in [2.45, 2.75) is 38.8 Å². The molecule has 2 rings (SSSR count). The number of nitrogens with two attached hydrogens (primary N) is 1. The first-order valence-electron chi connectivity index (χ1n) is 7.05. The topological polar surface area (TPSA) is 72.6 Å². The summed E-state index contributed by atoms with van der Waals surface area (Å²) in [4.78, 5) is 26.7. The molecule has 0 saturated heterocycles. The molecular weight excluding hydrogens is 288 g/mol. The second-order valence-corrected chi connectivity index (χ2v) is 7.31. The normalized spacial score (nSPS) is 23.0. The quantitative estimate of drug-likeness (QED) is 0.778. The van der Waals surface area contributed by atoms with E-state index in [-0.39, 0.29) is 24.3 Å². The van der Waals surface area contributed by atoms with Gasteiger partial charge in [0, 0.05) is 24.8 Å². The number of nitrogens with zero attached hydrogens (tertiary/aromatic N) is 1. The summed E-state index contributed by atoms with van der Waals surface area (Å²) in [5.74, 6) is 0.476. The molecule has 2 N–H and O–H groups in total. The summed E-state index contributed by atoms with van der Waals surface area (Å²) in [5.41, 5.74) is 6.33. The molecule has 21 heavy (non-hydrogen) atoms. The number of allylic oxidation sites excluding steroid dienone is 3. The summed E-state index contributed by atoms with van der Waals surface area (Å²) in [6, 6.07) is -0.0794. The summed E-state index contributed by atoms with van der Waals surface area (Å²) in [6.45, 7) is 6.17. The third-order valence-electron chi connectivity index (χ3n) is 3.04.